The number of aryl methyl sites for hydroxylation is 1. The summed E-state index contributed by atoms with van der Waals surface area (Å²) in [5, 5.41) is 0. The average molecular weight is 283 g/mol. The summed E-state index contributed by atoms with van der Waals surface area (Å²) < 4.78 is 46.0. The number of hydrogen-bond acceptors (Lipinski definition) is 2. The van der Waals surface area contributed by atoms with Gasteiger partial charge < -0.3 is 9.47 Å². The Kier molecular flexibility index (Phi) is 5.59. The van der Waals surface area contributed by atoms with Crippen molar-refractivity contribution in [2.75, 3.05) is 12.5 Å². The van der Waals surface area contributed by atoms with Gasteiger partial charge in [0.05, 0.1) is 6.61 Å². The van der Waals surface area contributed by atoms with Gasteiger partial charge in [0.15, 0.2) is 0 Å². The number of benzene rings is 1. The van der Waals surface area contributed by atoms with Crippen molar-refractivity contribution in [1.82, 2.24) is 0 Å². The van der Waals surface area contributed by atoms with Crippen LogP contribution in [0.4, 0.5) is 13.2 Å². The van der Waals surface area contributed by atoms with E-state index in [-0.39, 0.29) is 5.75 Å². The van der Waals surface area contributed by atoms with E-state index in [2.05, 4.69) is 4.74 Å². The van der Waals surface area contributed by atoms with E-state index in [1.54, 1.807) is 19.1 Å². The highest BCUT2D eigenvalue weighted by atomic mass is 35.5. The molecule has 0 saturated heterocycles. The molecule has 0 spiro atoms. The summed E-state index contributed by atoms with van der Waals surface area (Å²) in [6.07, 6.45) is -3.69. The Balaban J connectivity index is 2.94. The molecule has 0 aliphatic rings. The normalized spacial score (nSPS) is 11.4. The second kappa shape index (κ2) is 6.73. The molecule has 6 heteroatoms. The molecule has 1 aromatic carbocycles. The minimum atomic E-state index is -4.71. The fraction of sp³-hybridized carbons (Fsp3) is 0.500. The zero-order valence-corrected chi connectivity index (χ0v) is 10.6. The van der Waals surface area contributed by atoms with Crippen LogP contribution in [0.15, 0.2) is 18.2 Å². The second-order valence-electron chi connectivity index (χ2n) is 3.54. The molecule has 0 bridgehead atoms. The molecule has 0 unspecified atom stereocenters. The van der Waals surface area contributed by atoms with E-state index in [9.17, 15) is 13.2 Å². The zero-order chi connectivity index (χ0) is 13.6. The second-order valence-corrected chi connectivity index (χ2v) is 3.92. The summed E-state index contributed by atoms with van der Waals surface area (Å²) in [6, 6.07) is 4.44. The van der Waals surface area contributed by atoms with E-state index >= 15 is 0 Å². The first kappa shape index (κ1) is 15.0. The van der Waals surface area contributed by atoms with Crippen LogP contribution in [0.25, 0.3) is 0 Å². The first-order chi connectivity index (χ1) is 8.46. The molecule has 0 atom stereocenters. The maximum Gasteiger partial charge on any atom is 0.573 e. The minimum Gasteiger partial charge on any atom is -0.494 e. The van der Waals surface area contributed by atoms with E-state index < -0.39 is 6.36 Å². The lowest BCUT2D eigenvalue weighted by Gasteiger charge is -2.14. The topological polar surface area (TPSA) is 18.5 Å². The molecular formula is C12H14ClF3O2. The molecule has 0 aromatic heterocycles. The third kappa shape index (κ3) is 5.04. The number of halogens is 4. The van der Waals surface area contributed by atoms with Gasteiger partial charge >= 0.3 is 6.36 Å². The van der Waals surface area contributed by atoms with Gasteiger partial charge in [0.2, 0.25) is 0 Å². The molecule has 18 heavy (non-hydrogen) atoms. The molecule has 0 amide bonds. The highest BCUT2D eigenvalue weighted by molar-refractivity contribution is 6.17. The monoisotopic (exact) mass is 282 g/mol. The van der Waals surface area contributed by atoms with E-state index in [0.29, 0.717) is 36.6 Å². The van der Waals surface area contributed by atoms with E-state index in [4.69, 9.17) is 16.3 Å². The van der Waals surface area contributed by atoms with Gasteiger partial charge in [-0.3, -0.25) is 0 Å². The molecule has 1 aromatic rings. The van der Waals surface area contributed by atoms with Gasteiger partial charge in [0, 0.05) is 11.9 Å². The molecule has 0 N–H and O–H groups in total. The first-order valence-electron chi connectivity index (χ1n) is 5.53. The van der Waals surface area contributed by atoms with Crippen LogP contribution in [0.5, 0.6) is 11.5 Å². The third-order valence-electron chi connectivity index (χ3n) is 2.16. The molecular weight excluding hydrogens is 269 g/mol. The van der Waals surface area contributed by atoms with Gasteiger partial charge in [-0.1, -0.05) is 6.07 Å². The summed E-state index contributed by atoms with van der Waals surface area (Å²) in [7, 11) is 0. The van der Waals surface area contributed by atoms with Crippen molar-refractivity contribution in [3.05, 3.63) is 23.8 Å². The molecule has 0 aliphatic carbocycles. The van der Waals surface area contributed by atoms with Gasteiger partial charge in [0.25, 0.3) is 0 Å². The zero-order valence-electron chi connectivity index (χ0n) is 9.89. The fourth-order valence-corrected chi connectivity index (χ4v) is 1.61. The maximum atomic E-state index is 12.3. The standard InChI is InChI=1S/C12H14ClF3O2/c1-2-17-10-6-5-9(4-3-7-13)11(8-10)18-12(14,15)16/h5-6,8H,2-4,7H2,1H3. The van der Waals surface area contributed by atoms with Crippen molar-refractivity contribution >= 4 is 11.6 Å². The Bertz CT molecular complexity index is 380. The minimum absolute atomic E-state index is 0.224. The van der Waals surface area contributed by atoms with Gasteiger partial charge in [-0.15, -0.1) is 24.8 Å². The number of alkyl halides is 4. The molecule has 0 fully saturated rings. The molecule has 2 nitrogen and oxygen atoms in total. The van der Waals surface area contributed by atoms with Crippen LogP contribution < -0.4 is 9.47 Å². The fourth-order valence-electron chi connectivity index (χ4n) is 1.47. The summed E-state index contributed by atoms with van der Waals surface area (Å²) in [4.78, 5) is 0. The van der Waals surface area contributed by atoms with Gasteiger partial charge in [0.1, 0.15) is 11.5 Å². The van der Waals surface area contributed by atoms with Crippen molar-refractivity contribution in [1.29, 1.82) is 0 Å². The molecule has 102 valence electrons. The molecule has 0 saturated carbocycles. The predicted octanol–water partition coefficient (Wildman–Crippen LogP) is 4.16. The van der Waals surface area contributed by atoms with Crippen molar-refractivity contribution in [3.63, 3.8) is 0 Å². The molecule has 0 aliphatic heterocycles. The van der Waals surface area contributed by atoms with Crippen LogP contribution >= 0.6 is 11.6 Å². The summed E-state index contributed by atoms with van der Waals surface area (Å²) >= 11 is 5.53. The summed E-state index contributed by atoms with van der Waals surface area (Å²) in [5.41, 5.74) is 0.469. The largest absolute Gasteiger partial charge is 0.573 e. The van der Waals surface area contributed by atoms with Gasteiger partial charge in [-0.25, -0.2) is 0 Å². The predicted molar refractivity (Wildman–Crippen MR) is 63.3 cm³/mol. The van der Waals surface area contributed by atoms with Crippen molar-refractivity contribution in [2.24, 2.45) is 0 Å². The smallest absolute Gasteiger partial charge is 0.494 e. The quantitative estimate of drug-likeness (QED) is 0.730. The Morgan fingerprint density at radius 2 is 2.00 bits per heavy atom. The highest BCUT2D eigenvalue weighted by Crippen LogP contribution is 2.31. The Morgan fingerprint density at radius 1 is 1.28 bits per heavy atom. The lowest BCUT2D eigenvalue weighted by Crippen LogP contribution is -2.18. The number of hydrogen-bond donors (Lipinski definition) is 0. The highest BCUT2D eigenvalue weighted by Gasteiger charge is 2.32. The molecule has 0 radical (unpaired) electrons. The summed E-state index contributed by atoms with van der Waals surface area (Å²) in [6.45, 7) is 2.14. The summed E-state index contributed by atoms with van der Waals surface area (Å²) in [5.74, 6) is 0.517. The van der Waals surface area contributed by atoms with Crippen molar-refractivity contribution < 1.29 is 22.6 Å². The SMILES string of the molecule is CCOc1ccc(CCCCl)c(OC(F)(F)F)c1. The van der Waals surface area contributed by atoms with E-state index in [0.717, 1.165) is 0 Å². The van der Waals surface area contributed by atoms with Crippen molar-refractivity contribution in [3.8, 4) is 11.5 Å². The van der Waals surface area contributed by atoms with E-state index in [1.165, 1.54) is 6.07 Å². The van der Waals surface area contributed by atoms with Crippen LogP contribution in [-0.4, -0.2) is 18.8 Å². The first-order valence-corrected chi connectivity index (χ1v) is 6.07. The van der Waals surface area contributed by atoms with Crippen LogP contribution in [0.1, 0.15) is 18.9 Å². The van der Waals surface area contributed by atoms with Crippen LogP contribution in [0.3, 0.4) is 0 Å². The molecule has 0 heterocycles. The Hall–Kier alpha value is -1.10. The van der Waals surface area contributed by atoms with Crippen LogP contribution in [-0.2, 0) is 6.42 Å². The number of ether oxygens (including phenoxy) is 2. The van der Waals surface area contributed by atoms with Crippen LogP contribution in [0, 0.1) is 0 Å². The third-order valence-corrected chi connectivity index (χ3v) is 2.42. The maximum absolute atomic E-state index is 12.3. The molecule has 1 rings (SSSR count). The van der Waals surface area contributed by atoms with Gasteiger partial charge in [-0.05, 0) is 31.4 Å². The van der Waals surface area contributed by atoms with Gasteiger partial charge in [-0.2, -0.15) is 0 Å². The number of rotatable bonds is 6. The van der Waals surface area contributed by atoms with Crippen molar-refractivity contribution in [2.45, 2.75) is 26.1 Å². The van der Waals surface area contributed by atoms with E-state index in [1.807, 2.05) is 0 Å². The Labute approximate surface area is 109 Å². The average Bonchev–Trinajstić information content (AvgIpc) is 2.26. The lowest BCUT2D eigenvalue weighted by atomic mass is 10.1. The van der Waals surface area contributed by atoms with Crippen LogP contribution in [0.2, 0.25) is 0 Å². The lowest BCUT2D eigenvalue weighted by molar-refractivity contribution is -0.274. The Morgan fingerprint density at radius 3 is 2.56 bits per heavy atom.